The van der Waals surface area contributed by atoms with Crippen molar-refractivity contribution in [3.8, 4) is 0 Å². The Labute approximate surface area is 94.7 Å². The average molecular weight is 218 g/mol. The van der Waals surface area contributed by atoms with Crippen molar-refractivity contribution in [2.24, 2.45) is 0 Å². The highest BCUT2D eigenvalue weighted by molar-refractivity contribution is 5.17. The molecule has 0 saturated carbocycles. The first kappa shape index (κ1) is 10.9. The summed E-state index contributed by atoms with van der Waals surface area (Å²) >= 11 is 0. The Kier molecular flexibility index (Phi) is 3.04. The van der Waals surface area contributed by atoms with Crippen LogP contribution in [0.1, 0.15) is 30.9 Å². The van der Waals surface area contributed by atoms with E-state index >= 15 is 0 Å². The van der Waals surface area contributed by atoms with Crippen molar-refractivity contribution in [1.29, 1.82) is 0 Å². The fourth-order valence-corrected chi connectivity index (χ4v) is 1.54. The van der Waals surface area contributed by atoms with Gasteiger partial charge in [-0.25, -0.2) is 4.39 Å². The zero-order valence-electron chi connectivity index (χ0n) is 9.52. The van der Waals surface area contributed by atoms with E-state index in [2.05, 4.69) is 18.9 Å². The Bertz CT molecular complexity index is 457. The van der Waals surface area contributed by atoms with Crippen LogP contribution in [0.3, 0.4) is 0 Å². The molecule has 0 aliphatic carbocycles. The van der Waals surface area contributed by atoms with Gasteiger partial charge in [-0.3, -0.25) is 4.68 Å². The van der Waals surface area contributed by atoms with Gasteiger partial charge >= 0.3 is 0 Å². The molecule has 0 aliphatic heterocycles. The molecule has 0 unspecified atom stereocenters. The molecule has 3 heteroatoms. The minimum atomic E-state index is -0.202. The van der Waals surface area contributed by atoms with E-state index in [1.165, 1.54) is 17.7 Å². The number of halogens is 1. The molecule has 0 atom stereocenters. The molecule has 0 N–H and O–H groups in total. The van der Waals surface area contributed by atoms with Crippen LogP contribution in [-0.2, 0) is 6.54 Å². The van der Waals surface area contributed by atoms with Crippen LogP contribution in [0.5, 0.6) is 0 Å². The maximum atomic E-state index is 12.7. The van der Waals surface area contributed by atoms with E-state index in [0.717, 1.165) is 5.56 Å². The summed E-state index contributed by atoms with van der Waals surface area (Å²) in [5, 5.41) is 4.28. The minimum absolute atomic E-state index is 0.202. The average Bonchev–Trinajstić information content (AvgIpc) is 2.70. The van der Waals surface area contributed by atoms with Crippen LogP contribution in [-0.4, -0.2) is 9.78 Å². The Balaban J connectivity index is 2.11. The Morgan fingerprint density at radius 1 is 1.25 bits per heavy atom. The van der Waals surface area contributed by atoms with Gasteiger partial charge in [-0.15, -0.1) is 0 Å². The molecule has 0 radical (unpaired) electrons. The number of hydrogen-bond acceptors (Lipinski definition) is 1. The lowest BCUT2D eigenvalue weighted by Gasteiger charge is -2.02. The molecule has 16 heavy (non-hydrogen) atoms. The first-order valence-corrected chi connectivity index (χ1v) is 5.42. The molecule has 0 fully saturated rings. The summed E-state index contributed by atoms with van der Waals surface area (Å²) in [5.41, 5.74) is 2.28. The summed E-state index contributed by atoms with van der Waals surface area (Å²) in [6.07, 6.45) is 3.92. The van der Waals surface area contributed by atoms with Crippen LogP contribution in [0.15, 0.2) is 36.7 Å². The number of benzene rings is 1. The van der Waals surface area contributed by atoms with E-state index in [-0.39, 0.29) is 5.82 Å². The lowest BCUT2D eigenvalue weighted by molar-refractivity contribution is 0.624. The number of aromatic nitrogens is 2. The predicted molar refractivity (Wildman–Crippen MR) is 61.8 cm³/mol. The van der Waals surface area contributed by atoms with Gasteiger partial charge in [0.25, 0.3) is 0 Å². The van der Waals surface area contributed by atoms with E-state index in [9.17, 15) is 4.39 Å². The van der Waals surface area contributed by atoms with E-state index in [4.69, 9.17) is 0 Å². The van der Waals surface area contributed by atoms with Crippen LogP contribution >= 0.6 is 0 Å². The van der Waals surface area contributed by atoms with Crippen molar-refractivity contribution in [2.45, 2.75) is 26.3 Å². The molecule has 1 heterocycles. The molecule has 0 amide bonds. The molecule has 84 valence electrons. The fourth-order valence-electron chi connectivity index (χ4n) is 1.54. The van der Waals surface area contributed by atoms with Gasteiger partial charge in [-0.1, -0.05) is 26.0 Å². The SMILES string of the molecule is CC(C)c1cnn(Cc2ccc(F)cc2)c1. The van der Waals surface area contributed by atoms with Crippen LogP contribution in [0, 0.1) is 5.82 Å². The normalized spacial score (nSPS) is 11.0. The second kappa shape index (κ2) is 4.47. The van der Waals surface area contributed by atoms with Crippen LogP contribution in [0.2, 0.25) is 0 Å². The second-order valence-electron chi connectivity index (χ2n) is 4.25. The van der Waals surface area contributed by atoms with E-state index < -0.39 is 0 Å². The van der Waals surface area contributed by atoms with Crippen LogP contribution < -0.4 is 0 Å². The predicted octanol–water partition coefficient (Wildman–Crippen LogP) is 3.19. The molecule has 0 saturated heterocycles. The largest absolute Gasteiger partial charge is 0.268 e. The second-order valence-corrected chi connectivity index (χ2v) is 4.25. The molecule has 0 spiro atoms. The molecular formula is C13H15FN2. The summed E-state index contributed by atoms with van der Waals surface area (Å²) in [5.74, 6) is 0.286. The number of hydrogen-bond donors (Lipinski definition) is 0. The van der Waals surface area contributed by atoms with Gasteiger partial charge in [0, 0.05) is 6.20 Å². The summed E-state index contributed by atoms with van der Waals surface area (Å²) in [4.78, 5) is 0. The third-order valence-electron chi connectivity index (χ3n) is 2.58. The lowest BCUT2D eigenvalue weighted by atomic mass is 10.1. The monoisotopic (exact) mass is 218 g/mol. The number of rotatable bonds is 3. The van der Waals surface area contributed by atoms with Crippen LogP contribution in [0.4, 0.5) is 4.39 Å². The molecule has 0 aliphatic rings. The van der Waals surface area contributed by atoms with Crippen molar-refractivity contribution in [3.63, 3.8) is 0 Å². The fraction of sp³-hybridized carbons (Fsp3) is 0.308. The molecule has 0 bridgehead atoms. The summed E-state index contributed by atoms with van der Waals surface area (Å²) in [7, 11) is 0. The van der Waals surface area contributed by atoms with E-state index in [1.54, 1.807) is 12.1 Å². The van der Waals surface area contributed by atoms with Crippen molar-refractivity contribution in [1.82, 2.24) is 9.78 Å². The van der Waals surface area contributed by atoms with Crippen molar-refractivity contribution in [3.05, 3.63) is 53.6 Å². The highest BCUT2D eigenvalue weighted by Crippen LogP contribution is 2.13. The molecule has 2 nitrogen and oxygen atoms in total. The summed E-state index contributed by atoms with van der Waals surface area (Å²) in [6, 6.07) is 6.52. The van der Waals surface area contributed by atoms with Crippen LogP contribution in [0.25, 0.3) is 0 Å². The summed E-state index contributed by atoms with van der Waals surface area (Å²) in [6.45, 7) is 4.96. The van der Waals surface area contributed by atoms with Gasteiger partial charge in [-0.2, -0.15) is 5.10 Å². The number of nitrogens with zero attached hydrogens (tertiary/aromatic N) is 2. The van der Waals surface area contributed by atoms with Gasteiger partial charge in [0.1, 0.15) is 5.82 Å². The maximum Gasteiger partial charge on any atom is 0.123 e. The maximum absolute atomic E-state index is 12.7. The van der Waals surface area contributed by atoms with Gasteiger partial charge < -0.3 is 0 Å². The van der Waals surface area contributed by atoms with Gasteiger partial charge in [0.2, 0.25) is 0 Å². The Morgan fingerprint density at radius 2 is 1.94 bits per heavy atom. The highest BCUT2D eigenvalue weighted by atomic mass is 19.1. The first-order chi connectivity index (χ1) is 7.65. The zero-order valence-corrected chi connectivity index (χ0v) is 9.52. The Morgan fingerprint density at radius 3 is 2.50 bits per heavy atom. The van der Waals surface area contributed by atoms with E-state index in [0.29, 0.717) is 12.5 Å². The van der Waals surface area contributed by atoms with Gasteiger partial charge in [0.15, 0.2) is 0 Å². The van der Waals surface area contributed by atoms with Gasteiger partial charge in [0.05, 0.1) is 12.7 Å². The first-order valence-electron chi connectivity index (χ1n) is 5.42. The Hall–Kier alpha value is -1.64. The molecule has 2 rings (SSSR count). The molecular weight excluding hydrogens is 203 g/mol. The third-order valence-corrected chi connectivity index (χ3v) is 2.58. The van der Waals surface area contributed by atoms with Crippen molar-refractivity contribution < 1.29 is 4.39 Å². The zero-order chi connectivity index (χ0) is 11.5. The van der Waals surface area contributed by atoms with Crippen molar-refractivity contribution >= 4 is 0 Å². The van der Waals surface area contributed by atoms with Crippen molar-refractivity contribution in [2.75, 3.05) is 0 Å². The molecule has 2 aromatic rings. The quantitative estimate of drug-likeness (QED) is 0.773. The standard InChI is InChI=1S/C13H15FN2/c1-10(2)12-7-15-16(9-12)8-11-3-5-13(14)6-4-11/h3-7,9-10H,8H2,1-2H3. The smallest absolute Gasteiger partial charge is 0.123 e. The van der Waals surface area contributed by atoms with Gasteiger partial charge in [-0.05, 0) is 29.2 Å². The lowest BCUT2D eigenvalue weighted by Crippen LogP contribution is -1.99. The summed E-state index contributed by atoms with van der Waals surface area (Å²) < 4.78 is 14.6. The topological polar surface area (TPSA) is 17.8 Å². The highest BCUT2D eigenvalue weighted by Gasteiger charge is 2.03. The third kappa shape index (κ3) is 2.48. The molecule has 1 aromatic carbocycles. The minimum Gasteiger partial charge on any atom is -0.268 e. The van der Waals surface area contributed by atoms with E-state index in [1.807, 2.05) is 17.1 Å². The molecule has 1 aromatic heterocycles.